The number of nitrogen functional groups attached to an aromatic ring is 1. The molecule has 0 aliphatic carbocycles. The summed E-state index contributed by atoms with van der Waals surface area (Å²) < 4.78 is 6.50. The molecule has 2 N–H and O–H groups in total. The van der Waals surface area contributed by atoms with Gasteiger partial charge in [-0.2, -0.15) is 11.3 Å². The lowest BCUT2D eigenvalue weighted by molar-refractivity contribution is 0.320. The van der Waals surface area contributed by atoms with Crippen LogP contribution >= 0.6 is 27.3 Å². The Morgan fingerprint density at radius 2 is 2.19 bits per heavy atom. The summed E-state index contributed by atoms with van der Waals surface area (Å²) in [5.74, 6) is 0.801. The third-order valence-corrected chi connectivity index (χ3v) is 3.80. The number of benzene rings is 1. The molecule has 0 spiro atoms. The normalized spacial score (nSPS) is 10.3. The van der Waals surface area contributed by atoms with Gasteiger partial charge in [0.2, 0.25) is 0 Å². The van der Waals surface area contributed by atoms with Gasteiger partial charge in [0.05, 0.1) is 11.1 Å². The Kier molecular flexibility index (Phi) is 3.85. The molecule has 0 amide bonds. The fourth-order valence-corrected chi connectivity index (χ4v) is 2.43. The summed E-state index contributed by atoms with van der Waals surface area (Å²) in [4.78, 5) is 0. The Bertz CT molecular complexity index is 456. The van der Waals surface area contributed by atoms with Crippen LogP contribution < -0.4 is 10.5 Å². The predicted octanol–water partition coefficient (Wildman–Crippen LogP) is 3.71. The highest BCUT2D eigenvalue weighted by Crippen LogP contribution is 2.30. The van der Waals surface area contributed by atoms with Gasteiger partial charge in [-0.1, -0.05) is 6.07 Å². The molecule has 1 aromatic heterocycles. The van der Waals surface area contributed by atoms with Gasteiger partial charge in [-0.15, -0.1) is 0 Å². The predicted molar refractivity (Wildman–Crippen MR) is 72.1 cm³/mol. The lowest BCUT2D eigenvalue weighted by atomic mass is 10.2. The zero-order valence-corrected chi connectivity index (χ0v) is 11.1. The molecular formula is C12H12BrNOS. The van der Waals surface area contributed by atoms with Gasteiger partial charge >= 0.3 is 0 Å². The maximum Gasteiger partial charge on any atom is 0.135 e. The molecule has 0 aliphatic heterocycles. The first-order chi connectivity index (χ1) is 7.77. The van der Waals surface area contributed by atoms with E-state index in [-0.39, 0.29) is 0 Å². The van der Waals surface area contributed by atoms with Gasteiger partial charge in [0.15, 0.2) is 0 Å². The van der Waals surface area contributed by atoms with Crippen LogP contribution in [0.15, 0.2) is 39.5 Å². The van der Waals surface area contributed by atoms with Crippen molar-refractivity contribution in [3.63, 3.8) is 0 Å². The molecule has 0 bridgehead atoms. The van der Waals surface area contributed by atoms with E-state index in [0.29, 0.717) is 12.3 Å². The Hall–Kier alpha value is -1.00. The van der Waals surface area contributed by atoms with Crippen LogP contribution in [0.4, 0.5) is 5.69 Å². The van der Waals surface area contributed by atoms with Crippen LogP contribution in [0.3, 0.4) is 0 Å². The summed E-state index contributed by atoms with van der Waals surface area (Å²) in [5, 5.41) is 4.21. The number of hydrogen-bond donors (Lipinski definition) is 1. The van der Waals surface area contributed by atoms with E-state index in [1.54, 1.807) is 11.3 Å². The smallest absolute Gasteiger partial charge is 0.135 e. The van der Waals surface area contributed by atoms with Gasteiger partial charge < -0.3 is 10.5 Å². The van der Waals surface area contributed by atoms with Gasteiger partial charge in [0.1, 0.15) is 5.75 Å². The first-order valence-electron chi connectivity index (χ1n) is 4.95. The number of thiophene rings is 1. The highest BCUT2D eigenvalue weighted by molar-refractivity contribution is 9.10. The number of hydrogen-bond acceptors (Lipinski definition) is 3. The number of rotatable bonds is 4. The molecule has 1 heterocycles. The summed E-state index contributed by atoms with van der Waals surface area (Å²) in [6.45, 7) is 0.665. The van der Waals surface area contributed by atoms with Crippen molar-refractivity contribution < 1.29 is 4.74 Å². The number of halogens is 1. The maximum absolute atomic E-state index is 5.76. The molecule has 0 saturated heterocycles. The molecule has 2 nitrogen and oxygen atoms in total. The van der Waals surface area contributed by atoms with E-state index >= 15 is 0 Å². The summed E-state index contributed by atoms with van der Waals surface area (Å²) in [6, 6.07) is 7.76. The van der Waals surface area contributed by atoms with Crippen molar-refractivity contribution in [1.29, 1.82) is 0 Å². The van der Waals surface area contributed by atoms with Crippen LogP contribution in [0.25, 0.3) is 0 Å². The van der Waals surface area contributed by atoms with Crippen molar-refractivity contribution >= 4 is 33.0 Å². The second-order valence-electron chi connectivity index (χ2n) is 3.39. The average molecular weight is 298 g/mol. The van der Waals surface area contributed by atoms with Crippen molar-refractivity contribution in [1.82, 2.24) is 0 Å². The van der Waals surface area contributed by atoms with Crippen LogP contribution in [0.5, 0.6) is 5.75 Å². The minimum atomic E-state index is 0.665. The van der Waals surface area contributed by atoms with Gasteiger partial charge in [0.25, 0.3) is 0 Å². The van der Waals surface area contributed by atoms with Crippen LogP contribution in [0, 0.1) is 0 Å². The van der Waals surface area contributed by atoms with E-state index in [1.807, 2.05) is 18.2 Å². The SMILES string of the molecule is Nc1cccc(OCCc2ccsc2)c1Br. The lowest BCUT2D eigenvalue weighted by Crippen LogP contribution is -2.01. The van der Waals surface area contributed by atoms with Gasteiger partial charge in [-0.25, -0.2) is 0 Å². The first-order valence-corrected chi connectivity index (χ1v) is 6.69. The summed E-state index contributed by atoms with van der Waals surface area (Å²) >= 11 is 5.12. The van der Waals surface area contributed by atoms with E-state index in [2.05, 4.69) is 32.8 Å². The molecule has 1 aromatic carbocycles. The molecule has 84 valence electrons. The largest absolute Gasteiger partial charge is 0.492 e. The van der Waals surface area contributed by atoms with Crippen molar-refractivity contribution in [2.45, 2.75) is 6.42 Å². The molecule has 0 aliphatic rings. The summed E-state index contributed by atoms with van der Waals surface area (Å²) in [7, 11) is 0. The van der Waals surface area contributed by atoms with Gasteiger partial charge in [-0.3, -0.25) is 0 Å². The maximum atomic E-state index is 5.76. The van der Waals surface area contributed by atoms with E-state index in [0.717, 1.165) is 16.6 Å². The molecule has 0 fully saturated rings. The van der Waals surface area contributed by atoms with Crippen molar-refractivity contribution in [3.8, 4) is 5.75 Å². The van der Waals surface area contributed by atoms with E-state index in [4.69, 9.17) is 10.5 Å². The average Bonchev–Trinajstić information content (AvgIpc) is 2.77. The van der Waals surface area contributed by atoms with E-state index in [9.17, 15) is 0 Å². The van der Waals surface area contributed by atoms with E-state index in [1.165, 1.54) is 5.56 Å². The molecule has 0 unspecified atom stereocenters. The topological polar surface area (TPSA) is 35.2 Å². The Balaban J connectivity index is 1.92. The van der Waals surface area contributed by atoms with Crippen LogP contribution in [-0.4, -0.2) is 6.61 Å². The molecule has 0 radical (unpaired) electrons. The Morgan fingerprint density at radius 1 is 1.31 bits per heavy atom. The molecular weight excluding hydrogens is 286 g/mol. The van der Waals surface area contributed by atoms with Crippen LogP contribution in [0.1, 0.15) is 5.56 Å². The summed E-state index contributed by atoms with van der Waals surface area (Å²) in [6.07, 6.45) is 0.921. The second-order valence-corrected chi connectivity index (χ2v) is 4.96. The zero-order chi connectivity index (χ0) is 11.4. The van der Waals surface area contributed by atoms with E-state index < -0.39 is 0 Å². The minimum Gasteiger partial charge on any atom is -0.492 e. The molecule has 0 saturated carbocycles. The highest BCUT2D eigenvalue weighted by Gasteiger charge is 2.03. The lowest BCUT2D eigenvalue weighted by Gasteiger charge is -2.08. The third kappa shape index (κ3) is 2.77. The van der Waals surface area contributed by atoms with Crippen molar-refractivity contribution in [3.05, 3.63) is 45.1 Å². The fraction of sp³-hybridized carbons (Fsp3) is 0.167. The quantitative estimate of drug-likeness (QED) is 0.873. The number of nitrogens with two attached hydrogens (primary N) is 1. The number of anilines is 1. The standard InChI is InChI=1S/C12H12BrNOS/c13-12-10(14)2-1-3-11(12)15-6-4-9-5-7-16-8-9/h1-3,5,7-8H,4,6,14H2. The number of ether oxygens (including phenoxy) is 1. The third-order valence-electron chi connectivity index (χ3n) is 2.22. The Labute approximate surface area is 107 Å². The first kappa shape index (κ1) is 11.5. The minimum absolute atomic E-state index is 0.665. The zero-order valence-electron chi connectivity index (χ0n) is 8.65. The molecule has 0 atom stereocenters. The Morgan fingerprint density at radius 3 is 2.94 bits per heavy atom. The second kappa shape index (κ2) is 5.37. The highest BCUT2D eigenvalue weighted by atomic mass is 79.9. The fourth-order valence-electron chi connectivity index (χ4n) is 1.35. The van der Waals surface area contributed by atoms with Crippen LogP contribution in [-0.2, 0) is 6.42 Å². The molecule has 4 heteroatoms. The van der Waals surface area contributed by atoms with Gasteiger partial charge in [-0.05, 0) is 50.5 Å². The van der Waals surface area contributed by atoms with Crippen molar-refractivity contribution in [2.75, 3.05) is 12.3 Å². The van der Waals surface area contributed by atoms with Gasteiger partial charge in [0, 0.05) is 12.1 Å². The molecule has 16 heavy (non-hydrogen) atoms. The van der Waals surface area contributed by atoms with Crippen molar-refractivity contribution in [2.24, 2.45) is 0 Å². The molecule has 2 aromatic rings. The molecule has 2 rings (SSSR count). The van der Waals surface area contributed by atoms with Crippen LogP contribution in [0.2, 0.25) is 0 Å². The summed E-state index contributed by atoms with van der Waals surface area (Å²) in [5.41, 5.74) is 7.77. The monoisotopic (exact) mass is 297 g/mol.